The average molecular weight is 264 g/mol. The fourth-order valence-electron chi connectivity index (χ4n) is 2.41. The Labute approximate surface area is 113 Å². The Kier molecular flexibility index (Phi) is 4.60. The highest BCUT2D eigenvalue weighted by Gasteiger charge is 2.21. The second-order valence-electron chi connectivity index (χ2n) is 4.78. The van der Waals surface area contributed by atoms with Gasteiger partial charge in [0.15, 0.2) is 11.5 Å². The van der Waals surface area contributed by atoms with Crippen LogP contribution in [-0.4, -0.2) is 28.6 Å². The van der Waals surface area contributed by atoms with Crippen LogP contribution in [0.25, 0.3) is 0 Å². The Hall–Kier alpha value is -1.78. The van der Waals surface area contributed by atoms with E-state index in [1.165, 1.54) is 18.8 Å². The first-order valence-corrected chi connectivity index (χ1v) is 6.83. The highest BCUT2D eigenvalue weighted by molar-refractivity contribution is 5.97. The molecule has 5 nitrogen and oxygen atoms in total. The van der Waals surface area contributed by atoms with E-state index in [1.54, 1.807) is 0 Å². The number of nitrogens with zero attached hydrogens (tertiary/aromatic N) is 1. The first-order valence-electron chi connectivity index (χ1n) is 6.83. The maximum absolute atomic E-state index is 12.2. The molecule has 1 fully saturated rings. The lowest BCUT2D eigenvalue weighted by atomic mass is 9.95. The fraction of sp³-hybridized carbons (Fsp3) is 0.571. The van der Waals surface area contributed by atoms with Crippen LogP contribution < -0.4 is 10.1 Å². The van der Waals surface area contributed by atoms with E-state index in [1.807, 2.05) is 6.92 Å². The zero-order valence-electron chi connectivity index (χ0n) is 11.2. The maximum atomic E-state index is 12.2. The summed E-state index contributed by atoms with van der Waals surface area (Å²) in [6, 6.07) is 0.220. The number of hydrogen-bond acceptors (Lipinski definition) is 4. The Morgan fingerprint density at radius 1 is 1.42 bits per heavy atom. The molecule has 2 rings (SSSR count). The van der Waals surface area contributed by atoms with Crippen molar-refractivity contribution in [3.05, 3.63) is 18.0 Å². The fourth-order valence-corrected chi connectivity index (χ4v) is 2.41. The topological polar surface area (TPSA) is 71.5 Å². The molecule has 0 spiro atoms. The smallest absolute Gasteiger partial charge is 0.256 e. The summed E-state index contributed by atoms with van der Waals surface area (Å²) in [4.78, 5) is 16.1. The highest BCUT2D eigenvalue weighted by Crippen LogP contribution is 2.29. The van der Waals surface area contributed by atoms with Gasteiger partial charge in [0, 0.05) is 12.2 Å². The molecule has 1 aliphatic rings. The Balaban J connectivity index is 2.11. The van der Waals surface area contributed by atoms with Crippen molar-refractivity contribution >= 4 is 5.91 Å². The molecule has 19 heavy (non-hydrogen) atoms. The monoisotopic (exact) mass is 264 g/mol. The Bertz CT molecular complexity index is 442. The molecule has 0 saturated heterocycles. The molecule has 0 aliphatic heterocycles. The summed E-state index contributed by atoms with van der Waals surface area (Å²) in [6.45, 7) is 2.20. The van der Waals surface area contributed by atoms with Gasteiger partial charge in [-0.15, -0.1) is 0 Å². The van der Waals surface area contributed by atoms with Gasteiger partial charge in [-0.1, -0.05) is 19.3 Å². The van der Waals surface area contributed by atoms with Crippen LogP contribution in [0.4, 0.5) is 0 Å². The average Bonchev–Trinajstić information content (AvgIpc) is 2.42. The van der Waals surface area contributed by atoms with Crippen LogP contribution in [0.1, 0.15) is 49.4 Å². The minimum atomic E-state index is -0.223. The van der Waals surface area contributed by atoms with Crippen LogP contribution in [0.3, 0.4) is 0 Å². The largest absolute Gasteiger partial charge is 0.503 e. The first kappa shape index (κ1) is 13.6. The number of ether oxygens (including phenoxy) is 1. The van der Waals surface area contributed by atoms with Crippen LogP contribution in [0.2, 0.25) is 0 Å². The number of hydrogen-bond donors (Lipinski definition) is 2. The molecule has 0 unspecified atom stereocenters. The molecule has 104 valence electrons. The van der Waals surface area contributed by atoms with Gasteiger partial charge in [0.2, 0.25) is 0 Å². The first-order chi connectivity index (χ1) is 9.22. The number of rotatable bonds is 4. The lowest BCUT2D eigenvalue weighted by molar-refractivity contribution is 0.0922. The molecule has 0 atom stereocenters. The number of amides is 1. The van der Waals surface area contributed by atoms with Gasteiger partial charge in [-0.25, -0.2) is 0 Å². The van der Waals surface area contributed by atoms with Gasteiger partial charge in [-0.05, 0) is 19.8 Å². The van der Waals surface area contributed by atoms with Crippen LogP contribution in [0.5, 0.6) is 11.5 Å². The van der Waals surface area contributed by atoms with E-state index in [-0.39, 0.29) is 23.4 Å². The normalized spacial score (nSPS) is 16.1. The summed E-state index contributed by atoms with van der Waals surface area (Å²) in [5.41, 5.74) is 0.299. The summed E-state index contributed by atoms with van der Waals surface area (Å²) >= 11 is 0. The third-order valence-electron chi connectivity index (χ3n) is 3.35. The van der Waals surface area contributed by atoms with Gasteiger partial charge >= 0.3 is 0 Å². The number of nitrogens with one attached hydrogen (secondary N) is 1. The molecular formula is C14H20N2O3. The van der Waals surface area contributed by atoms with Crippen LogP contribution >= 0.6 is 0 Å². The lowest BCUT2D eigenvalue weighted by Gasteiger charge is -2.23. The summed E-state index contributed by atoms with van der Waals surface area (Å²) in [5, 5.41) is 12.7. The van der Waals surface area contributed by atoms with E-state index in [0.29, 0.717) is 12.2 Å². The standard InChI is InChI=1S/C14H20N2O3/c1-2-19-13-11(8-15-9-12(13)17)14(18)16-10-6-4-3-5-7-10/h8-10,17H,2-7H2,1H3,(H,16,18). The highest BCUT2D eigenvalue weighted by atomic mass is 16.5. The molecule has 1 heterocycles. The van der Waals surface area contributed by atoms with Crippen molar-refractivity contribution in [1.82, 2.24) is 10.3 Å². The second-order valence-corrected chi connectivity index (χ2v) is 4.78. The number of carbonyl (C=O) groups is 1. The van der Waals surface area contributed by atoms with Gasteiger partial charge in [-0.2, -0.15) is 0 Å². The molecule has 1 aromatic heterocycles. The maximum Gasteiger partial charge on any atom is 0.256 e. The SMILES string of the molecule is CCOc1c(O)cncc1C(=O)NC1CCCCC1. The molecule has 1 aliphatic carbocycles. The molecule has 5 heteroatoms. The zero-order valence-corrected chi connectivity index (χ0v) is 11.2. The molecule has 1 saturated carbocycles. The van der Waals surface area contributed by atoms with E-state index in [0.717, 1.165) is 25.7 Å². The van der Waals surface area contributed by atoms with Gasteiger partial charge in [0.25, 0.3) is 5.91 Å². The third kappa shape index (κ3) is 3.36. The number of aromatic nitrogens is 1. The van der Waals surface area contributed by atoms with Crippen molar-refractivity contribution in [2.24, 2.45) is 0 Å². The zero-order chi connectivity index (χ0) is 13.7. The number of carbonyl (C=O) groups excluding carboxylic acids is 1. The summed E-state index contributed by atoms with van der Waals surface area (Å²) in [5.74, 6) is -0.109. The van der Waals surface area contributed by atoms with E-state index in [9.17, 15) is 9.90 Å². The van der Waals surface area contributed by atoms with Crippen molar-refractivity contribution < 1.29 is 14.6 Å². The summed E-state index contributed by atoms with van der Waals surface area (Å²) < 4.78 is 5.33. The van der Waals surface area contributed by atoms with E-state index < -0.39 is 0 Å². The minimum Gasteiger partial charge on any atom is -0.503 e. The molecule has 0 bridgehead atoms. The Morgan fingerprint density at radius 2 is 2.16 bits per heavy atom. The van der Waals surface area contributed by atoms with Gasteiger partial charge in [0.1, 0.15) is 5.56 Å². The predicted molar refractivity (Wildman–Crippen MR) is 71.4 cm³/mol. The van der Waals surface area contributed by atoms with E-state index in [2.05, 4.69) is 10.3 Å². The Morgan fingerprint density at radius 3 is 2.84 bits per heavy atom. The van der Waals surface area contributed by atoms with Crippen molar-refractivity contribution in [3.8, 4) is 11.5 Å². The van der Waals surface area contributed by atoms with Crippen LogP contribution in [0, 0.1) is 0 Å². The molecule has 0 radical (unpaired) electrons. The van der Waals surface area contributed by atoms with Crippen LogP contribution in [0.15, 0.2) is 12.4 Å². The van der Waals surface area contributed by atoms with Gasteiger partial charge < -0.3 is 15.2 Å². The molecule has 2 N–H and O–H groups in total. The van der Waals surface area contributed by atoms with E-state index >= 15 is 0 Å². The summed E-state index contributed by atoms with van der Waals surface area (Å²) in [6.07, 6.45) is 8.29. The minimum absolute atomic E-state index is 0.0989. The van der Waals surface area contributed by atoms with Gasteiger partial charge in [0.05, 0.1) is 12.8 Å². The number of aromatic hydroxyl groups is 1. The molecular weight excluding hydrogens is 244 g/mol. The van der Waals surface area contributed by atoms with Crippen molar-refractivity contribution in [2.75, 3.05) is 6.61 Å². The lowest BCUT2D eigenvalue weighted by Crippen LogP contribution is -2.36. The second kappa shape index (κ2) is 6.41. The molecule has 1 amide bonds. The van der Waals surface area contributed by atoms with Crippen molar-refractivity contribution in [1.29, 1.82) is 0 Å². The third-order valence-corrected chi connectivity index (χ3v) is 3.35. The molecule has 0 aromatic carbocycles. The molecule has 1 aromatic rings. The predicted octanol–water partition coefficient (Wildman–Crippen LogP) is 2.25. The van der Waals surface area contributed by atoms with Crippen molar-refractivity contribution in [2.45, 2.75) is 45.1 Å². The number of pyridine rings is 1. The van der Waals surface area contributed by atoms with Gasteiger partial charge in [-0.3, -0.25) is 9.78 Å². The quantitative estimate of drug-likeness (QED) is 0.875. The van der Waals surface area contributed by atoms with Crippen molar-refractivity contribution in [3.63, 3.8) is 0 Å². The summed E-state index contributed by atoms with van der Waals surface area (Å²) in [7, 11) is 0. The van der Waals surface area contributed by atoms with E-state index in [4.69, 9.17) is 4.74 Å². The van der Waals surface area contributed by atoms with Crippen LogP contribution in [-0.2, 0) is 0 Å².